The molecule has 0 bridgehead atoms. The van der Waals surface area contributed by atoms with Gasteiger partial charge in [-0.15, -0.1) is 0 Å². The van der Waals surface area contributed by atoms with Crippen LogP contribution < -0.4 is 16.4 Å². The molecule has 2 amide bonds. The van der Waals surface area contributed by atoms with Gasteiger partial charge in [-0.3, -0.25) is 9.59 Å². The van der Waals surface area contributed by atoms with Crippen LogP contribution in [0.25, 0.3) is 0 Å². The molecule has 0 aliphatic heterocycles. The lowest BCUT2D eigenvalue weighted by Crippen LogP contribution is -2.46. The van der Waals surface area contributed by atoms with Crippen LogP contribution in [0.5, 0.6) is 0 Å². The first-order valence-electron chi connectivity index (χ1n) is 5.38. The second kappa shape index (κ2) is 6.00. The zero-order chi connectivity index (χ0) is 12.8. The molecular formula is C12H17N3O2. The molecule has 5 heteroatoms. The number of benzene rings is 1. The van der Waals surface area contributed by atoms with E-state index in [9.17, 15) is 9.59 Å². The average molecular weight is 235 g/mol. The van der Waals surface area contributed by atoms with Crippen molar-refractivity contribution in [2.75, 3.05) is 7.05 Å². The van der Waals surface area contributed by atoms with E-state index in [0.29, 0.717) is 5.56 Å². The monoisotopic (exact) mass is 235 g/mol. The number of nitrogens with two attached hydrogens (primary N) is 1. The third-order valence-electron chi connectivity index (χ3n) is 2.44. The van der Waals surface area contributed by atoms with Gasteiger partial charge in [0.05, 0.1) is 0 Å². The van der Waals surface area contributed by atoms with Crippen molar-refractivity contribution in [1.29, 1.82) is 0 Å². The summed E-state index contributed by atoms with van der Waals surface area (Å²) in [7, 11) is 1.52. The number of amides is 2. The normalized spacial score (nSPS) is 13.6. The summed E-state index contributed by atoms with van der Waals surface area (Å²) in [5, 5.41) is 5.01. The Morgan fingerprint density at radius 3 is 2.29 bits per heavy atom. The van der Waals surface area contributed by atoms with Crippen LogP contribution in [0.1, 0.15) is 18.5 Å². The lowest BCUT2D eigenvalue weighted by Gasteiger charge is -2.16. The van der Waals surface area contributed by atoms with Crippen molar-refractivity contribution in [1.82, 2.24) is 10.6 Å². The number of hydrogen-bond acceptors (Lipinski definition) is 3. The van der Waals surface area contributed by atoms with Crippen molar-refractivity contribution in [3.63, 3.8) is 0 Å². The van der Waals surface area contributed by atoms with Gasteiger partial charge >= 0.3 is 0 Å². The molecule has 2 atom stereocenters. The molecule has 1 aromatic rings. The van der Waals surface area contributed by atoms with E-state index in [1.54, 1.807) is 19.1 Å². The predicted molar refractivity (Wildman–Crippen MR) is 65.0 cm³/mol. The van der Waals surface area contributed by atoms with Crippen molar-refractivity contribution >= 4 is 11.8 Å². The second-order valence-electron chi connectivity index (χ2n) is 3.73. The van der Waals surface area contributed by atoms with E-state index in [4.69, 9.17) is 5.73 Å². The third-order valence-corrected chi connectivity index (χ3v) is 2.44. The first kappa shape index (κ1) is 13.2. The van der Waals surface area contributed by atoms with E-state index in [0.717, 1.165) is 0 Å². The summed E-state index contributed by atoms with van der Waals surface area (Å²) >= 11 is 0. The molecule has 0 radical (unpaired) electrons. The Balaban J connectivity index is 2.62. The quantitative estimate of drug-likeness (QED) is 0.683. The van der Waals surface area contributed by atoms with E-state index >= 15 is 0 Å². The lowest BCUT2D eigenvalue weighted by atomic mass is 10.1. The fourth-order valence-electron chi connectivity index (χ4n) is 1.40. The van der Waals surface area contributed by atoms with E-state index in [1.807, 2.05) is 18.2 Å². The molecule has 0 aliphatic carbocycles. The van der Waals surface area contributed by atoms with Crippen LogP contribution in [0.4, 0.5) is 0 Å². The Bertz CT molecular complexity index is 392. The number of rotatable bonds is 4. The van der Waals surface area contributed by atoms with Crippen LogP contribution in [-0.2, 0) is 9.59 Å². The van der Waals surface area contributed by atoms with Gasteiger partial charge in [-0.1, -0.05) is 30.3 Å². The molecule has 0 aliphatic rings. The summed E-state index contributed by atoms with van der Waals surface area (Å²) in [5.74, 6) is -0.620. The maximum absolute atomic E-state index is 11.8. The summed E-state index contributed by atoms with van der Waals surface area (Å²) in [6, 6.07) is 7.66. The molecule has 1 aromatic carbocycles. The summed E-state index contributed by atoms with van der Waals surface area (Å²) in [5.41, 5.74) is 6.50. The Labute approximate surface area is 100 Å². The molecule has 0 aromatic heterocycles. The molecule has 4 N–H and O–H groups in total. The van der Waals surface area contributed by atoms with Crippen LogP contribution >= 0.6 is 0 Å². The largest absolute Gasteiger partial charge is 0.357 e. The van der Waals surface area contributed by atoms with Crippen LogP contribution in [-0.4, -0.2) is 24.9 Å². The third kappa shape index (κ3) is 3.57. The molecule has 92 valence electrons. The first-order chi connectivity index (χ1) is 8.06. The Hall–Kier alpha value is -1.88. The van der Waals surface area contributed by atoms with Crippen LogP contribution in [0.3, 0.4) is 0 Å². The molecule has 17 heavy (non-hydrogen) atoms. The summed E-state index contributed by atoms with van der Waals surface area (Å²) in [4.78, 5) is 23.0. The van der Waals surface area contributed by atoms with Gasteiger partial charge in [-0.2, -0.15) is 0 Å². The zero-order valence-corrected chi connectivity index (χ0v) is 9.94. The number of carbonyl (C=O) groups is 2. The maximum atomic E-state index is 11.8. The van der Waals surface area contributed by atoms with Crippen molar-refractivity contribution in [2.45, 2.75) is 19.0 Å². The minimum absolute atomic E-state index is 0.251. The SMILES string of the molecule is CNC(=O)C(C)NC(=O)[C@H](N)c1ccccc1. The minimum Gasteiger partial charge on any atom is -0.357 e. The lowest BCUT2D eigenvalue weighted by molar-refractivity contribution is -0.129. The van der Waals surface area contributed by atoms with Gasteiger partial charge in [0, 0.05) is 7.05 Å². The predicted octanol–water partition coefficient (Wildman–Crippen LogP) is -0.0629. The summed E-state index contributed by atoms with van der Waals surface area (Å²) in [6.45, 7) is 1.61. The van der Waals surface area contributed by atoms with Gasteiger partial charge in [0.15, 0.2) is 0 Å². The molecule has 0 fully saturated rings. The highest BCUT2D eigenvalue weighted by Gasteiger charge is 2.20. The molecule has 1 unspecified atom stereocenters. The van der Waals surface area contributed by atoms with Crippen molar-refractivity contribution in [3.05, 3.63) is 35.9 Å². The summed E-state index contributed by atoms with van der Waals surface area (Å²) in [6.07, 6.45) is 0. The van der Waals surface area contributed by atoms with Gasteiger partial charge < -0.3 is 16.4 Å². The van der Waals surface area contributed by atoms with E-state index in [2.05, 4.69) is 10.6 Å². The molecule has 0 spiro atoms. The van der Waals surface area contributed by atoms with Crippen LogP contribution in [0, 0.1) is 0 Å². The zero-order valence-electron chi connectivity index (χ0n) is 9.94. The van der Waals surface area contributed by atoms with Gasteiger partial charge in [0.2, 0.25) is 11.8 Å². The van der Waals surface area contributed by atoms with E-state index in [1.165, 1.54) is 7.05 Å². The molecule has 0 saturated carbocycles. The van der Waals surface area contributed by atoms with Crippen molar-refractivity contribution < 1.29 is 9.59 Å². The number of carbonyl (C=O) groups excluding carboxylic acids is 2. The van der Waals surface area contributed by atoms with Gasteiger partial charge in [0.25, 0.3) is 0 Å². The summed E-state index contributed by atoms with van der Waals surface area (Å²) < 4.78 is 0. The Morgan fingerprint density at radius 1 is 1.18 bits per heavy atom. The number of hydrogen-bond donors (Lipinski definition) is 3. The fourth-order valence-corrected chi connectivity index (χ4v) is 1.40. The van der Waals surface area contributed by atoms with Crippen LogP contribution in [0.2, 0.25) is 0 Å². The molecule has 5 nitrogen and oxygen atoms in total. The minimum atomic E-state index is -0.761. The maximum Gasteiger partial charge on any atom is 0.242 e. The Kier molecular flexibility index (Phi) is 4.66. The van der Waals surface area contributed by atoms with Gasteiger partial charge in [0.1, 0.15) is 12.1 Å². The second-order valence-corrected chi connectivity index (χ2v) is 3.73. The smallest absolute Gasteiger partial charge is 0.242 e. The van der Waals surface area contributed by atoms with Crippen molar-refractivity contribution in [3.8, 4) is 0 Å². The molecule has 0 saturated heterocycles. The fraction of sp³-hybridized carbons (Fsp3) is 0.333. The first-order valence-corrected chi connectivity index (χ1v) is 5.38. The molecule has 1 rings (SSSR count). The van der Waals surface area contributed by atoms with Crippen LogP contribution in [0.15, 0.2) is 30.3 Å². The highest BCUT2D eigenvalue weighted by Crippen LogP contribution is 2.09. The van der Waals surface area contributed by atoms with Gasteiger partial charge in [-0.05, 0) is 12.5 Å². The topological polar surface area (TPSA) is 84.2 Å². The van der Waals surface area contributed by atoms with Crippen molar-refractivity contribution in [2.24, 2.45) is 5.73 Å². The molecule has 0 heterocycles. The van der Waals surface area contributed by atoms with E-state index in [-0.39, 0.29) is 11.8 Å². The standard InChI is InChI=1S/C12H17N3O2/c1-8(11(16)14-2)15-12(17)10(13)9-6-4-3-5-7-9/h3-8,10H,13H2,1-2H3,(H,14,16)(H,15,17)/t8?,10-/m1/s1. The highest BCUT2D eigenvalue weighted by atomic mass is 16.2. The average Bonchev–Trinajstić information content (AvgIpc) is 2.37. The number of likely N-dealkylation sites (N-methyl/N-ethyl adjacent to an activating group) is 1. The van der Waals surface area contributed by atoms with Gasteiger partial charge in [-0.25, -0.2) is 0 Å². The number of nitrogens with one attached hydrogen (secondary N) is 2. The molecular weight excluding hydrogens is 218 g/mol. The van der Waals surface area contributed by atoms with E-state index < -0.39 is 12.1 Å². The highest BCUT2D eigenvalue weighted by molar-refractivity contribution is 5.89. The Morgan fingerprint density at radius 2 is 1.76 bits per heavy atom.